The first kappa shape index (κ1) is 17.1. The van der Waals surface area contributed by atoms with E-state index in [0.29, 0.717) is 13.1 Å². The van der Waals surface area contributed by atoms with Gasteiger partial charge in [0.05, 0.1) is 13.1 Å². The normalized spacial score (nSPS) is 11.8. The Morgan fingerprint density at radius 3 is 2.41 bits per heavy atom. The van der Waals surface area contributed by atoms with Crippen LogP contribution in [-0.2, 0) is 21.4 Å². The molecule has 0 aliphatic carbocycles. The lowest BCUT2D eigenvalue weighted by atomic mass is 10.4. The summed E-state index contributed by atoms with van der Waals surface area (Å²) in [5.74, 6) is -0.196. The molecule has 0 saturated heterocycles. The monoisotopic (exact) mass is 358 g/mol. The summed E-state index contributed by atoms with van der Waals surface area (Å²) in [6.07, 6.45) is 0. The van der Waals surface area contributed by atoms with Crippen molar-refractivity contribution >= 4 is 38.6 Å². The van der Waals surface area contributed by atoms with Gasteiger partial charge in [-0.1, -0.05) is 12.1 Å². The molecular weight excluding hydrogens is 340 g/mol. The van der Waals surface area contributed by atoms with Crippen molar-refractivity contribution in [2.24, 2.45) is 0 Å². The number of thiophene rings is 2. The highest BCUT2D eigenvalue weighted by Gasteiger charge is 2.25. The molecular formula is C14H18N2O3S3. The molecule has 0 N–H and O–H groups in total. The average Bonchev–Trinajstić information content (AvgIpc) is 3.17. The molecule has 0 aromatic carbocycles. The van der Waals surface area contributed by atoms with Crippen LogP contribution in [0.5, 0.6) is 0 Å². The molecule has 120 valence electrons. The summed E-state index contributed by atoms with van der Waals surface area (Å²) in [4.78, 5) is 15.1. The van der Waals surface area contributed by atoms with E-state index in [1.807, 2.05) is 24.4 Å². The van der Waals surface area contributed by atoms with E-state index in [0.717, 1.165) is 20.5 Å². The van der Waals surface area contributed by atoms with Crippen LogP contribution in [0.25, 0.3) is 0 Å². The van der Waals surface area contributed by atoms with Gasteiger partial charge in [-0.3, -0.25) is 4.79 Å². The Kier molecular flexibility index (Phi) is 5.74. The molecule has 22 heavy (non-hydrogen) atoms. The Morgan fingerprint density at radius 1 is 1.18 bits per heavy atom. The molecule has 0 aliphatic rings. The summed E-state index contributed by atoms with van der Waals surface area (Å²) in [6, 6.07) is 7.13. The average molecular weight is 359 g/mol. The van der Waals surface area contributed by atoms with Crippen LogP contribution in [0.2, 0.25) is 0 Å². The van der Waals surface area contributed by atoms with E-state index in [1.54, 1.807) is 33.7 Å². The highest BCUT2D eigenvalue weighted by molar-refractivity contribution is 7.91. The Balaban J connectivity index is 2.03. The molecule has 0 radical (unpaired) electrons. The van der Waals surface area contributed by atoms with Crippen molar-refractivity contribution in [3.8, 4) is 0 Å². The van der Waals surface area contributed by atoms with E-state index < -0.39 is 10.0 Å². The van der Waals surface area contributed by atoms with E-state index >= 15 is 0 Å². The molecule has 2 aromatic rings. The minimum Gasteiger partial charge on any atom is -0.337 e. The van der Waals surface area contributed by atoms with Gasteiger partial charge < -0.3 is 4.90 Å². The van der Waals surface area contributed by atoms with Crippen molar-refractivity contribution in [1.29, 1.82) is 0 Å². The number of hydrogen-bond donors (Lipinski definition) is 0. The molecule has 5 nitrogen and oxygen atoms in total. The predicted molar refractivity (Wildman–Crippen MR) is 89.5 cm³/mol. The van der Waals surface area contributed by atoms with E-state index in [1.165, 1.54) is 7.05 Å². The van der Waals surface area contributed by atoms with Crippen LogP contribution < -0.4 is 0 Å². The molecule has 1 amide bonds. The standard InChI is InChI=1S/C14H18N2O3S3/c1-3-16(10-12-6-4-8-20-12)13(17)11-15(2)22(18,19)14-7-5-9-21-14/h4-9H,3,10-11H2,1-2H3. The molecule has 2 rings (SSSR count). The summed E-state index contributed by atoms with van der Waals surface area (Å²) < 4.78 is 26.0. The number of likely N-dealkylation sites (N-methyl/N-ethyl adjacent to an activating group) is 2. The molecule has 0 saturated carbocycles. The maximum atomic E-state index is 12.4. The van der Waals surface area contributed by atoms with Crippen LogP contribution in [0.4, 0.5) is 0 Å². The predicted octanol–water partition coefficient (Wildman–Crippen LogP) is 2.48. The molecule has 8 heteroatoms. The van der Waals surface area contributed by atoms with Crippen molar-refractivity contribution in [1.82, 2.24) is 9.21 Å². The van der Waals surface area contributed by atoms with Gasteiger partial charge in [-0.05, 0) is 29.8 Å². The summed E-state index contributed by atoms with van der Waals surface area (Å²) in [7, 11) is -2.15. The number of carbonyl (C=O) groups excluding carboxylic acids is 1. The minimum absolute atomic E-state index is 0.153. The lowest BCUT2D eigenvalue weighted by Crippen LogP contribution is -2.40. The van der Waals surface area contributed by atoms with Crippen LogP contribution >= 0.6 is 22.7 Å². The summed E-state index contributed by atoms with van der Waals surface area (Å²) in [5, 5.41) is 3.67. The van der Waals surface area contributed by atoms with Crippen LogP contribution in [0.1, 0.15) is 11.8 Å². The number of nitrogens with zero attached hydrogens (tertiary/aromatic N) is 2. The van der Waals surface area contributed by atoms with Gasteiger partial charge in [0.15, 0.2) is 0 Å². The lowest BCUT2D eigenvalue weighted by molar-refractivity contribution is -0.131. The van der Waals surface area contributed by atoms with Gasteiger partial charge in [0.2, 0.25) is 5.91 Å². The first-order valence-corrected chi connectivity index (χ1v) is 9.95. The molecule has 0 spiro atoms. The third-order valence-electron chi connectivity index (χ3n) is 3.18. The van der Waals surface area contributed by atoms with E-state index in [2.05, 4.69) is 0 Å². The first-order chi connectivity index (χ1) is 10.4. The topological polar surface area (TPSA) is 57.7 Å². The molecule has 0 fully saturated rings. The van der Waals surface area contributed by atoms with E-state index in [9.17, 15) is 13.2 Å². The van der Waals surface area contributed by atoms with Gasteiger partial charge in [-0.25, -0.2) is 8.42 Å². The fraction of sp³-hybridized carbons (Fsp3) is 0.357. The van der Waals surface area contributed by atoms with Crippen LogP contribution in [0.15, 0.2) is 39.2 Å². The lowest BCUT2D eigenvalue weighted by Gasteiger charge is -2.23. The second-order valence-electron chi connectivity index (χ2n) is 4.68. The van der Waals surface area contributed by atoms with Crippen molar-refractivity contribution in [3.63, 3.8) is 0 Å². The third kappa shape index (κ3) is 3.95. The SMILES string of the molecule is CCN(Cc1cccs1)C(=O)CN(C)S(=O)(=O)c1cccs1. The Morgan fingerprint density at radius 2 is 1.86 bits per heavy atom. The molecule has 2 heterocycles. The van der Waals surface area contributed by atoms with Crippen LogP contribution in [0.3, 0.4) is 0 Å². The minimum atomic E-state index is -3.59. The summed E-state index contributed by atoms with van der Waals surface area (Å²) >= 11 is 2.73. The maximum Gasteiger partial charge on any atom is 0.252 e. The smallest absolute Gasteiger partial charge is 0.252 e. The van der Waals surface area contributed by atoms with Gasteiger partial charge in [0, 0.05) is 18.5 Å². The van der Waals surface area contributed by atoms with Gasteiger partial charge in [0.1, 0.15) is 4.21 Å². The molecule has 0 atom stereocenters. The zero-order valence-corrected chi connectivity index (χ0v) is 14.9. The van der Waals surface area contributed by atoms with Gasteiger partial charge in [-0.15, -0.1) is 22.7 Å². The molecule has 2 aromatic heterocycles. The zero-order chi connectivity index (χ0) is 16.2. The van der Waals surface area contributed by atoms with Crippen molar-refractivity contribution in [2.45, 2.75) is 17.7 Å². The van der Waals surface area contributed by atoms with Gasteiger partial charge in [-0.2, -0.15) is 4.31 Å². The van der Waals surface area contributed by atoms with E-state index in [4.69, 9.17) is 0 Å². The van der Waals surface area contributed by atoms with Crippen LogP contribution in [0, 0.1) is 0 Å². The number of hydrogen-bond acceptors (Lipinski definition) is 5. The van der Waals surface area contributed by atoms with Crippen molar-refractivity contribution < 1.29 is 13.2 Å². The Bertz CT molecular complexity index is 694. The summed E-state index contributed by atoms with van der Waals surface area (Å²) in [6.45, 7) is 2.79. The number of amides is 1. The fourth-order valence-corrected chi connectivity index (χ4v) is 4.95. The number of sulfonamides is 1. The number of carbonyl (C=O) groups is 1. The molecule has 0 aliphatic heterocycles. The second kappa shape index (κ2) is 7.36. The van der Waals surface area contributed by atoms with Gasteiger partial charge in [0.25, 0.3) is 10.0 Å². The fourth-order valence-electron chi connectivity index (χ4n) is 1.91. The van der Waals surface area contributed by atoms with Crippen molar-refractivity contribution in [3.05, 3.63) is 39.9 Å². The highest BCUT2D eigenvalue weighted by atomic mass is 32.2. The maximum absolute atomic E-state index is 12.4. The quantitative estimate of drug-likeness (QED) is 0.764. The van der Waals surface area contributed by atoms with Crippen molar-refractivity contribution in [2.75, 3.05) is 20.1 Å². The number of rotatable bonds is 7. The third-order valence-corrected chi connectivity index (χ3v) is 7.22. The van der Waals surface area contributed by atoms with Gasteiger partial charge >= 0.3 is 0 Å². The Labute approximate surface area is 138 Å². The van der Waals surface area contributed by atoms with E-state index in [-0.39, 0.29) is 16.7 Å². The van der Waals surface area contributed by atoms with Crippen LogP contribution in [-0.4, -0.2) is 43.7 Å². The highest BCUT2D eigenvalue weighted by Crippen LogP contribution is 2.20. The Hall–Kier alpha value is -1.22. The zero-order valence-electron chi connectivity index (χ0n) is 12.4. The largest absolute Gasteiger partial charge is 0.337 e. The molecule has 0 unspecified atom stereocenters. The second-order valence-corrected chi connectivity index (χ2v) is 8.93. The molecule has 0 bridgehead atoms. The first-order valence-electron chi connectivity index (χ1n) is 6.75. The summed E-state index contributed by atoms with van der Waals surface area (Å²) in [5.41, 5.74) is 0.